The van der Waals surface area contributed by atoms with Crippen molar-refractivity contribution in [3.05, 3.63) is 24.2 Å². The van der Waals surface area contributed by atoms with E-state index in [4.69, 9.17) is 4.42 Å². The SMILES string of the molecule is CN=C(NCc1ccco1)NCC1(CO)CC2(CCC2)C1. The van der Waals surface area contributed by atoms with E-state index in [-0.39, 0.29) is 12.0 Å². The van der Waals surface area contributed by atoms with Gasteiger partial charge in [-0.05, 0) is 43.2 Å². The van der Waals surface area contributed by atoms with Gasteiger partial charge in [0.15, 0.2) is 5.96 Å². The van der Waals surface area contributed by atoms with E-state index in [1.54, 1.807) is 13.3 Å². The number of aliphatic hydroxyl groups is 1. The minimum absolute atomic E-state index is 0.0444. The third kappa shape index (κ3) is 2.93. The third-order valence-electron chi connectivity index (χ3n) is 5.11. The number of nitrogens with zero attached hydrogens (tertiary/aromatic N) is 1. The van der Waals surface area contributed by atoms with E-state index in [0.29, 0.717) is 12.0 Å². The first-order chi connectivity index (χ1) is 10.2. The molecule has 21 heavy (non-hydrogen) atoms. The highest BCUT2D eigenvalue weighted by molar-refractivity contribution is 5.79. The average molecular weight is 291 g/mol. The molecule has 0 amide bonds. The monoisotopic (exact) mass is 291 g/mol. The maximum absolute atomic E-state index is 9.74. The molecule has 5 heteroatoms. The lowest BCUT2D eigenvalue weighted by Crippen LogP contribution is -2.57. The van der Waals surface area contributed by atoms with Crippen LogP contribution >= 0.6 is 0 Å². The number of rotatable bonds is 5. The molecule has 3 N–H and O–H groups in total. The first-order valence-corrected chi connectivity index (χ1v) is 7.77. The average Bonchev–Trinajstić information content (AvgIpc) is 2.92. The summed E-state index contributed by atoms with van der Waals surface area (Å²) in [5, 5.41) is 16.3. The molecule has 0 unspecified atom stereocenters. The van der Waals surface area contributed by atoms with Crippen LogP contribution in [0.25, 0.3) is 0 Å². The Kier molecular flexibility index (Phi) is 3.93. The second kappa shape index (κ2) is 5.72. The van der Waals surface area contributed by atoms with Crippen LogP contribution in [0, 0.1) is 10.8 Å². The first kappa shape index (κ1) is 14.4. The van der Waals surface area contributed by atoms with Crippen LogP contribution in [0.1, 0.15) is 37.9 Å². The summed E-state index contributed by atoms with van der Waals surface area (Å²) in [5.41, 5.74) is 0.609. The molecular weight excluding hydrogens is 266 g/mol. The normalized spacial score (nSPS) is 22.5. The Morgan fingerprint density at radius 2 is 2.19 bits per heavy atom. The molecule has 1 aromatic rings. The summed E-state index contributed by atoms with van der Waals surface area (Å²) in [5.74, 6) is 1.64. The molecule has 3 rings (SSSR count). The lowest BCUT2D eigenvalue weighted by atomic mass is 9.45. The molecule has 5 nitrogen and oxygen atoms in total. The molecule has 2 aliphatic carbocycles. The quantitative estimate of drug-likeness (QED) is 0.572. The van der Waals surface area contributed by atoms with Crippen molar-refractivity contribution in [2.75, 3.05) is 20.2 Å². The van der Waals surface area contributed by atoms with Crippen LogP contribution < -0.4 is 10.6 Å². The smallest absolute Gasteiger partial charge is 0.191 e. The molecule has 2 fully saturated rings. The zero-order chi connectivity index (χ0) is 14.8. The summed E-state index contributed by atoms with van der Waals surface area (Å²) < 4.78 is 5.29. The van der Waals surface area contributed by atoms with Crippen molar-refractivity contribution in [1.29, 1.82) is 0 Å². The fraction of sp³-hybridized carbons (Fsp3) is 0.688. The summed E-state index contributed by atoms with van der Waals surface area (Å²) in [6.07, 6.45) is 8.03. The van der Waals surface area contributed by atoms with Gasteiger partial charge in [-0.25, -0.2) is 0 Å². The van der Waals surface area contributed by atoms with Gasteiger partial charge >= 0.3 is 0 Å². The Morgan fingerprint density at radius 3 is 2.71 bits per heavy atom. The standard InChI is InChI=1S/C16H25N3O2/c1-17-14(18-8-13-4-2-7-21-13)19-11-16(12-20)9-15(10-16)5-3-6-15/h2,4,7,20H,3,5-6,8-12H2,1H3,(H2,17,18,19). The van der Waals surface area contributed by atoms with E-state index in [9.17, 15) is 5.11 Å². The molecule has 2 saturated carbocycles. The fourth-order valence-electron chi connectivity index (χ4n) is 3.94. The van der Waals surface area contributed by atoms with Gasteiger partial charge in [0.25, 0.3) is 0 Å². The number of nitrogens with one attached hydrogen (secondary N) is 2. The van der Waals surface area contributed by atoms with Crippen LogP contribution in [-0.4, -0.2) is 31.3 Å². The van der Waals surface area contributed by atoms with Crippen LogP contribution in [0.2, 0.25) is 0 Å². The lowest BCUT2D eigenvalue weighted by molar-refractivity contribution is -0.117. The van der Waals surface area contributed by atoms with Gasteiger partial charge in [-0.2, -0.15) is 0 Å². The highest BCUT2D eigenvalue weighted by atomic mass is 16.3. The van der Waals surface area contributed by atoms with Gasteiger partial charge in [-0.15, -0.1) is 0 Å². The molecular formula is C16H25N3O2. The number of furan rings is 1. The first-order valence-electron chi connectivity index (χ1n) is 7.77. The second-order valence-electron chi connectivity index (χ2n) is 6.72. The summed E-state index contributed by atoms with van der Waals surface area (Å²) in [4.78, 5) is 4.22. The van der Waals surface area contributed by atoms with Crippen LogP contribution in [0.3, 0.4) is 0 Å². The molecule has 0 bridgehead atoms. The zero-order valence-corrected chi connectivity index (χ0v) is 12.7. The predicted molar refractivity (Wildman–Crippen MR) is 81.9 cm³/mol. The Bertz CT molecular complexity index is 484. The fourth-order valence-corrected chi connectivity index (χ4v) is 3.94. The van der Waals surface area contributed by atoms with Crippen LogP contribution in [0.15, 0.2) is 27.8 Å². The molecule has 1 aromatic heterocycles. The topological polar surface area (TPSA) is 69.8 Å². The van der Waals surface area contributed by atoms with Gasteiger partial charge in [0, 0.05) is 19.0 Å². The van der Waals surface area contributed by atoms with Gasteiger partial charge in [0.05, 0.1) is 19.4 Å². The number of aliphatic imine (C=N–C) groups is 1. The van der Waals surface area contributed by atoms with Crippen molar-refractivity contribution in [3.63, 3.8) is 0 Å². The molecule has 2 aliphatic rings. The number of hydrogen-bond acceptors (Lipinski definition) is 3. The van der Waals surface area contributed by atoms with E-state index in [0.717, 1.165) is 31.1 Å². The molecule has 1 heterocycles. The van der Waals surface area contributed by atoms with Crippen molar-refractivity contribution < 1.29 is 9.52 Å². The van der Waals surface area contributed by atoms with E-state index in [2.05, 4.69) is 15.6 Å². The molecule has 0 aliphatic heterocycles. The van der Waals surface area contributed by atoms with E-state index in [1.807, 2.05) is 12.1 Å². The predicted octanol–water partition coefficient (Wildman–Crippen LogP) is 1.89. The van der Waals surface area contributed by atoms with Crippen molar-refractivity contribution >= 4 is 5.96 Å². The molecule has 116 valence electrons. The maximum atomic E-state index is 9.74. The molecule has 1 spiro atoms. The zero-order valence-electron chi connectivity index (χ0n) is 12.7. The highest BCUT2D eigenvalue weighted by Crippen LogP contribution is 2.63. The van der Waals surface area contributed by atoms with Crippen molar-refractivity contribution in [2.45, 2.75) is 38.6 Å². The number of aliphatic hydroxyl groups excluding tert-OH is 1. The largest absolute Gasteiger partial charge is 0.467 e. The lowest BCUT2D eigenvalue weighted by Gasteiger charge is -2.60. The molecule has 0 radical (unpaired) electrons. The number of hydrogen-bond donors (Lipinski definition) is 3. The third-order valence-corrected chi connectivity index (χ3v) is 5.11. The van der Waals surface area contributed by atoms with Crippen LogP contribution in [0.5, 0.6) is 0 Å². The molecule has 0 saturated heterocycles. The van der Waals surface area contributed by atoms with Crippen molar-refractivity contribution in [2.24, 2.45) is 15.8 Å². The van der Waals surface area contributed by atoms with E-state index in [1.165, 1.54) is 19.3 Å². The minimum Gasteiger partial charge on any atom is -0.467 e. The van der Waals surface area contributed by atoms with Gasteiger partial charge in [0.1, 0.15) is 5.76 Å². The van der Waals surface area contributed by atoms with Crippen molar-refractivity contribution in [3.8, 4) is 0 Å². The second-order valence-corrected chi connectivity index (χ2v) is 6.72. The van der Waals surface area contributed by atoms with Gasteiger partial charge in [-0.1, -0.05) is 6.42 Å². The van der Waals surface area contributed by atoms with Crippen LogP contribution in [0.4, 0.5) is 0 Å². The van der Waals surface area contributed by atoms with Gasteiger partial charge < -0.3 is 20.2 Å². The summed E-state index contributed by atoms with van der Waals surface area (Å²) in [7, 11) is 1.76. The summed E-state index contributed by atoms with van der Waals surface area (Å²) in [6.45, 7) is 1.66. The van der Waals surface area contributed by atoms with Crippen LogP contribution in [-0.2, 0) is 6.54 Å². The Labute approximate surface area is 125 Å². The molecule has 0 atom stereocenters. The minimum atomic E-state index is 0.0444. The Hall–Kier alpha value is -1.49. The van der Waals surface area contributed by atoms with Gasteiger partial charge in [-0.3, -0.25) is 4.99 Å². The van der Waals surface area contributed by atoms with Gasteiger partial charge in [0.2, 0.25) is 0 Å². The highest BCUT2D eigenvalue weighted by Gasteiger charge is 2.56. The summed E-state index contributed by atoms with van der Waals surface area (Å²) in [6, 6.07) is 3.81. The van der Waals surface area contributed by atoms with E-state index >= 15 is 0 Å². The Morgan fingerprint density at radius 1 is 1.38 bits per heavy atom. The number of guanidine groups is 1. The summed E-state index contributed by atoms with van der Waals surface area (Å²) >= 11 is 0. The van der Waals surface area contributed by atoms with Crippen molar-refractivity contribution in [1.82, 2.24) is 10.6 Å². The Balaban J connectivity index is 1.46. The van der Waals surface area contributed by atoms with E-state index < -0.39 is 0 Å². The molecule has 0 aromatic carbocycles. The maximum Gasteiger partial charge on any atom is 0.191 e.